The molecule has 0 amide bonds. The van der Waals surface area contributed by atoms with Crippen molar-refractivity contribution in [2.24, 2.45) is 0 Å². The zero-order valence-corrected chi connectivity index (χ0v) is 9.44. The molecule has 1 unspecified atom stereocenters. The smallest absolute Gasteiger partial charge is 0.201 e. The molecule has 0 radical (unpaired) electrons. The molecule has 0 aliphatic carbocycles. The maximum Gasteiger partial charge on any atom is 0.201 e. The normalized spacial score (nSPS) is 11.2. The fraction of sp³-hybridized carbons (Fsp3) is 0. The molecule has 2 N–H and O–H groups in total. The zero-order valence-electron chi connectivity index (χ0n) is 8.44. The highest BCUT2D eigenvalue weighted by Gasteiger charge is 2.04. The van der Waals surface area contributed by atoms with Gasteiger partial charge in [0.2, 0.25) is 8.67 Å². The van der Waals surface area contributed by atoms with Crippen LogP contribution in [0.3, 0.4) is 0 Å². The van der Waals surface area contributed by atoms with Gasteiger partial charge in [0.05, 0.1) is 12.0 Å². The predicted octanol–water partition coefficient (Wildman–Crippen LogP) is 3.92. The molecule has 0 spiro atoms. The minimum atomic E-state index is -0.0375. The van der Waals surface area contributed by atoms with E-state index in [1.807, 2.05) is 30.3 Å². The summed E-state index contributed by atoms with van der Waals surface area (Å²) in [6.07, 6.45) is 1.65. The topological polar surface area (TPSA) is 52.3 Å². The van der Waals surface area contributed by atoms with Crippen molar-refractivity contribution >= 4 is 36.1 Å². The molecule has 4 heteroatoms. The van der Waals surface area contributed by atoms with Crippen molar-refractivity contribution in [3.05, 3.63) is 42.7 Å². The number of rotatable bonds is 0. The molecule has 16 heavy (non-hydrogen) atoms. The van der Waals surface area contributed by atoms with Crippen LogP contribution in [0.2, 0.25) is 0 Å². The van der Waals surface area contributed by atoms with Gasteiger partial charge >= 0.3 is 0 Å². The molecule has 0 saturated heterocycles. The van der Waals surface area contributed by atoms with Crippen LogP contribution in [0.5, 0.6) is 0 Å². The molecule has 0 saturated carbocycles. The number of nitrogen functional groups attached to an aromatic ring is 1. The van der Waals surface area contributed by atoms with Gasteiger partial charge in [-0.25, -0.2) is 0 Å². The number of hydrogen-bond acceptors (Lipinski definition) is 3. The molecule has 80 valence electrons. The van der Waals surface area contributed by atoms with E-state index in [-0.39, 0.29) is 8.67 Å². The lowest BCUT2D eigenvalue weighted by molar-refractivity contribution is 0.631. The Morgan fingerprint density at radius 1 is 1.06 bits per heavy atom. The Labute approximate surface area is 93.4 Å². The van der Waals surface area contributed by atoms with E-state index in [4.69, 9.17) is 14.1 Å². The summed E-state index contributed by atoms with van der Waals surface area (Å²) in [6.45, 7) is 0. The van der Waals surface area contributed by atoms with Crippen LogP contribution in [0.1, 0.15) is 0 Å². The van der Waals surface area contributed by atoms with Gasteiger partial charge in [-0.15, -0.1) is 0 Å². The van der Waals surface area contributed by atoms with E-state index in [9.17, 15) is 0 Å². The molecular formula is C12H10NO2P. The summed E-state index contributed by atoms with van der Waals surface area (Å²) in [5.74, 6) is 0. The lowest BCUT2D eigenvalue weighted by Gasteiger charge is -2.02. The van der Waals surface area contributed by atoms with Crippen LogP contribution in [-0.4, -0.2) is 0 Å². The first-order chi connectivity index (χ1) is 7.86. The van der Waals surface area contributed by atoms with Crippen molar-refractivity contribution in [3.8, 4) is 0 Å². The first-order valence-electron chi connectivity index (χ1n) is 4.91. The Morgan fingerprint density at radius 2 is 1.94 bits per heavy atom. The molecular weight excluding hydrogens is 221 g/mol. The number of benzene rings is 2. The SMILES string of the molecule is Nc1cc2ccccc2c2cco[pH]oc12. The van der Waals surface area contributed by atoms with Crippen molar-refractivity contribution in [2.45, 2.75) is 0 Å². The minimum Gasteiger partial charge on any atom is -0.430 e. The van der Waals surface area contributed by atoms with Crippen LogP contribution in [0.25, 0.3) is 21.7 Å². The van der Waals surface area contributed by atoms with Crippen molar-refractivity contribution in [2.75, 3.05) is 5.73 Å². The Balaban J connectivity index is 2.65. The van der Waals surface area contributed by atoms with Crippen LogP contribution in [0.4, 0.5) is 5.69 Å². The van der Waals surface area contributed by atoms with Crippen LogP contribution < -0.4 is 5.73 Å². The van der Waals surface area contributed by atoms with Crippen LogP contribution in [0, 0.1) is 0 Å². The van der Waals surface area contributed by atoms with Gasteiger partial charge in [-0.2, -0.15) is 0 Å². The fourth-order valence-electron chi connectivity index (χ4n) is 1.85. The standard InChI is InChI=1S/C12H10NO2P/c13-11-7-8-3-1-2-4-9(8)10-5-6-14-16-15-12(10)11/h1-7,16H,13H2. The van der Waals surface area contributed by atoms with E-state index in [1.54, 1.807) is 6.26 Å². The summed E-state index contributed by atoms with van der Waals surface area (Å²) in [6, 6.07) is 11.9. The summed E-state index contributed by atoms with van der Waals surface area (Å²) in [4.78, 5) is 0. The van der Waals surface area contributed by atoms with Gasteiger partial charge in [0.25, 0.3) is 0 Å². The summed E-state index contributed by atoms with van der Waals surface area (Å²) in [5, 5.41) is 3.22. The third-order valence-electron chi connectivity index (χ3n) is 2.56. The molecule has 3 rings (SSSR count). The van der Waals surface area contributed by atoms with E-state index in [2.05, 4.69) is 6.07 Å². The lowest BCUT2D eigenvalue weighted by Crippen LogP contribution is -1.86. The van der Waals surface area contributed by atoms with Gasteiger partial charge in [-0.1, -0.05) is 24.3 Å². The maximum absolute atomic E-state index is 5.97. The Kier molecular flexibility index (Phi) is 2.12. The summed E-state index contributed by atoms with van der Waals surface area (Å²) < 4.78 is 10.7. The van der Waals surface area contributed by atoms with Crippen LogP contribution in [0.15, 0.2) is 51.1 Å². The molecule has 1 heterocycles. The van der Waals surface area contributed by atoms with Crippen LogP contribution in [-0.2, 0) is 0 Å². The Bertz CT molecular complexity index is 691. The van der Waals surface area contributed by atoms with Gasteiger partial charge in [-0.3, -0.25) is 0 Å². The van der Waals surface area contributed by atoms with Crippen molar-refractivity contribution < 1.29 is 8.39 Å². The van der Waals surface area contributed by atoms with Gasteiger partial charge < -0.3 is 14.1 Å². The molecule has 2 aromatic carbocycles. The van der Waals surface area contributed by atoms with Crippen LogP contribution >= 0.6 is 8.67 Å². The Hall–Kier alpha value is -1.86. The molecule has 0 bridgehead atoms. The van der Waals surface area contributed by atoms with Gasteiger partial charge in [-0.05, 0) is 22.9 Å². The molecule has 1 aromatic heterocycles. The third-order valence-corrected chi connectivity index (χ3v) is 3.08. The van der Waals surface area contributed by atoms with Gasteiger partial charge in [0.15, 0.2) is 5.58 Å². The number of fused-ring (bicyclic) bond motifs is 3. The molecule has 0 aliphatic heterocycles. The predicted molar refractivity (Wildman–Crippen MR) is 67.5 cm³/mol. The molecule has 3 nitrogen and oxygen atoms in total. The molecule has 3 aromatic rings. The first kappa shape index (κ1) is 9.37. The summed E-state index contributed by atoms with van der Waals surface area (Å²) in [5.41, 5.74) is 7.33. The van der Waals surface area contributed by atoms with E-state index < -0.39 is 0 Å². The highest BCUT2D eigenvalue weighted by molar-refractivity contribution is 7.15. The zero-order chi connectivity index (χ0) is 11.0. The molecule has 0 aliphatic rings. The third kappa shape index (κ3) is 1.37. The van der Waals surface area contributed by atoms with Crippen molar-refractivity contribution in [3.63, 3.8) is 0 Å². The fourth-order valence-corrected chi connectivity index (χ4v) is 2.34. The van der Waals surface area contributed by atoms with Crippen molar-refractivity contribution in [1.29, 1.82) is 0 Å². The first-order valence-corrected chi connectivity index (χ1v) is 5.73. The average molecular weight is 231 g/mol. The minimum absolute atomic E-state index is 0.0375. The Morgan fingerprint density at radius 3 is 2.88 bits per heavy atom. The highest BCUT2D eigenvalue weighted by atomic mass is 31.1. The summed E-state index contributed by atoms with van der Waals surface area (Å²) >= 11 is 0. The van der Waals surface area contributed by atoms with Crippen molar-refractivity contribution in [1.82, 2.24) is 0 Å². The summed E-state index contributed by atoms with van der Waals surface area (Å²) in [7, 11) is -0.0375. The van der Waals surface area contributed by atoms with E-state index >= 15 is 0 Å². The monoisotopic (exact) mass is 231 g/mol. The highest BCUT2D eigenvalue weighted by Crippen LogP contribution is 2.30. The number of nitrogens with two attached hydrogens (primary N) is 1. The molecule has 0 fully saturated rings. The molecule has 1 atom stereocenters. The second-order valence-corrected chi connectivity index (χ2v) is 4.14. The van der Waals surface area contributed by atoms with Gasteiger partial charge in [0, 0.05) is 5.39 Å². The lowest BCUT2D eigenvalue weighted by atomic mass is 10.1. The number of anilines is 1. The maximum atomic E-state index is 5.97. The van der Waals surface area contributed by atoms with Gasteiger partial charge in [0.1, 0.15) is 0 Å². The van der Waals surface area contributed by atoms with E-state index in [0.717, 1.165) is 16.2 Å². The second kappa shape index (κ2) is 3.62. The average Bonchev–Trinajstić information content (AvgIpc) is 2.55. The largest absolute Gasteiger partial charge is 0.430 e. The van der Waals surface area contributed by atoms with E-state index in [1.165, 1.54) is 0 Å². The van der Waals surface area contributed by atoms with E-state index in [0.29, 0.717) is 11.3 Å². The quantitative estimate of drug-likeness (QED) is 0.596. The second-order valence-electron chi connectivity index (χ2n) is 3.54. The number of hydrogen-bond donors (Lipinski definition) is 1.